The minimum atomic E-state index is 0.582. The zero-order valence-electron chi connectivity index (χ0n) is 8.76. The highest BCUT2D eigenvalue weighted by molar-refractivity contribution is 7.18. The van der Waals surface area contributed by atoms with Crippen molar-refractivity contribution in [3.05, 3.63) is 24.4 Å². The topological polar surface area (TPSA) is 64.7 Å². The Morgan fingerprint density at radius 1 is 1.12 bits per heavy atom. The number of anilines is 1. The normalized spacial score (nSPS) is 16.0. The Balaban J connectivity index is 1.86. The van der Waals surface area contributed by atoms with Crippen LogP contribution in [-0.4, -0.2) is 15.0 Å². The smallest absolute Gasteiger partial charge is 0.180 e. The van der Waals surface area contributed by atoms with E-state index in [1.54, 1.807) is 6.20 Å². The van der Waals surface area contributed by atoms with Crippen molar-refractivity contribution < 1.29 is 0 Å². The number of nitrogen functional groups attached to an aromatic ring is 1. The minimum Gasteiger partial charge on any atom is -0.375 e. The monoisotopic (exact) mass is 232 g/mol. The molecule has 0 unspecified atom stereocenters. The maximum absolute atomic E-state index is 5.59. The Morgan fingerprint density at radius 3 is 2.38 bits per heavy atom. The first-order chi connectivity index (χ1) is 7.83. The first kappa shape index (κ1) is 9.72. The Bertz CT molecular complexity index is 487. The molecule has 2 aromatic rings. The summed E-state index contributed by atoms with van der Waals surface area (Å²) in [6.45, 7) is 0. The van der Waals surface area contributed by atoms with Gasteiger partial charge in [0.2, 0.25) is 0 Å². The van der Waals surface area contributed by atoms with Crippen molar-refractivity contribution in [2.75, 3.05) is 5.73 Å². The lowest BCUT2D eigenvalue weighted by molar-refractivity contribution is 0.401. The molecule has 0 radical (unpaired) electrons. The summed E-state index contributed by atoms with van der Waals surface area (Å²) in [5.74, 6) is 1.56. The molecule has 0 amide bonds. The summed E-state index contributed by atoms with van der Waals surface area (Å²) in [4.78, 5) is 13.9. The van der Waals surface area contributed by atoms with E-state index < -0.39 is 0 Å². The van der Waals surface area contributed by atoms with Gasteiger partial charge in [0.1, 0.15) is 5.82 Å². The van der Waals surface area contributed by atoms with Crippen molar-refractivity contribution in [2.45, 2.75) is 25.2 Å². The summed E-state index contributed by atoms with van der Waals surface area (Å²) in [6, 6.07) is 0. The van der Waals surface area contributed by atoms with Gasteiger partial charge in [-0.25, -0.2) is 15.0 Å². The van der Waals surface area contributed by atoms with E-state index in [1.807, 2.05) is 12.4 Å². The lowest BCUT2D eigenvalue weighted by Crippen LogP contribution is -2.12. The fourth-order valence-corrected chi connectivity index (χ4v) is 2.42. The number of hydrogen-bond donors (Lipinski definition) is 1. The van der Waals surface area contributed by atoms with E-state index in [1.165, 1.54) is 30.6 Å². The second-order valence-corrected chi connectivity index (χ2v) is 5.08. The van der Waals surface area contributed by atoms with Gasteiger partial charge in [0, 0.05) is 30.1 Å². The molecular weight excluding hydrogens is 220 g/mol. The van der Waals surface area contributed by atoms with Gasteiger partial charge < -0.3 is 5.73 Å². The molecule has 2 N–H and O–H groups in total. The number of thiazole rings is 1. The van der Waals surface area contributed by atoms with Gasteiger partial charge in [-0.3, -0.25) is 0 Å². The van der Waals surface area contributed by atoms with Crippen LogP contribution in [0.15, 0.2) is 18.6 Å². The van der Waals surface area contributed by atoms with Gasteiger partial charge >= 0.3 is 0 Å². The SMILES string of the molecule is Nc1ncc(-c2cnc(C3CCC3)nc2)s1. The third-order valence-corrected chi connectivity index (χ3v) is 3.83. The molecule has 16 heavy (non-hydrogen) atoms. The lowest BCUT2D eigenvalue weighted by atomic mass is 9.85. The summed E-state index contributed by atoms with van der Waals surface area (Å²) < 4.78 is 0. The highest BCUT2D eigenvalue weighted by Crippen LogP contribution is 2.34. The first-order valence-corrected chi connectivity index (χ1v) is 6.18. The van der Waals surface area contributed by atoms with E-state index >= 15 is 0 Å². The molecule has 82 valence electrons. The molecule has 0 atom stereocenters. The van der Waals surface area contributed by atoms with Gasteiger partial charge in [0.05, 0.1) is 4.88 Å². The number of hydrogen-bond acceptors (Lipinski definition) is 5. The van der Waals surface area contributed by atoms with Crippen molar-refractivity contribution in [3.63, 3.8) is 0 Å². The number of rotatable bonds is 2. The zero-order chi connectivity index (χ0) is 11.0. The molecule has 0 aliphatic heterocycles. The number of aromatic nitrogens is 3. The third-order valence-electron chi connectivity index (χ3n) is 2.95. The Labute approximate surface area is 97.6 Å². The second kappa shape index (κ2) is 3.83. The van der Waals surface area contributed by atoms with Crippen LogP contribution in [0, 0.1) is 0 Å². The molecule has 1 saturated carbocycles. The zero-order valence-corrected chi connectivity index (χ0v) is 9.57. The van der Waals surface area contributed by atoms with Gasteiger partial charge in [-0.15, -0.1) is 0 Å². The molecule has 0 aromatic carbocycles. The van der Waals surface area contributed by atoms with Gasteiger partial charge in [-0.05, 0) is 12.8 Å². The van der Waals surface area contributed by atoms with E-state index in [4.69, 9.17) is 5.73 Å². The van der Waals surface area contributed by atoms with Crippen LogP contribution in [0.1, 0.15) is 31.0 Å². The molecule has 1 aliphatic carbocycles. The minimum absolute atomic E-state index is 0.582. The molecule has 2 heterocycles. The maximum Gasteiger partial charge on any atom is 0.180 e. The molecule has 5 heteroatoms. The van der Waals surface area contributed by atoms with Crippen LogP contribution in [0.3, 0.4) is 0 Å². The highest BCUT2D eigenvalue weighted by atomic mass is 32.1. The molecule has 2 aromatic heterocycles. The fraction of sp³-hybridized carbons (Fsp3) is 0.364. The Kier molecular flexibility index (Phi) is 2.32. The largest absolute Gasteiger partial charge is 0.375 e. The molecule has 1 aliphatic rings. The van der Waals surface area contributed by atoms with E-state index in [9.17, 15) is 0 Å². The van der Waals surface area contributed by atoms with Crippen LogP contribution in [0.25, 0.3) is 10.4 Å². The Morgan fingerprint density at radius 2 is 1.88 bits per heavy atom. The average molecular weight is 232 g/mol. The standard InChI is InChI=1S/C11H12N4S/c12-11-15-6-9(16-11)8-4-13-10(14-5-8)7-2-1-3-7/h4-7H,1-3H2,(H2,12,15). The second-order valence-electron chi connectivity index (χ2n) is 4.02. The highest BCUT2D eigenvalue weighted by Gasteiger charge is 2.21. The van der Waals surface area contributed by atoms with E-state index in [2.05, 4.69) is 15.0 Å². The molecule has 1 fully saturated rings. The summed E-state index contributed by atoms with van der Waals surface area (Å²) in [7, 11) is 0. The predicted octanol–water partition coefficient (Wildman–Crippen LogP) is 2.45. The third kappa shape index (κ3) is 1.67. The molecular formula is C11H12N4S. The van der Waals surface area contributed by atoms with E-state index in [0.717, 1.165) is 16.3 Å². The van der Waals surface area contributed by atoms with Gasteiger partial charge in [0.15, 0.2) is 5.13 Å². The van der Waals surface area contributed by atoms with Crippen molar-refractivity contribution in [1.82, 2.24) is 15.0 Å². The lowest BCUT2D eigenvalue weighted by Gasteiger charge is -2.23. The van der Waals surface area contributed by atoms with Crippen molar-refractivity contribution in [1.29, 1.82) is 0 Å². The predicted molar refractivity (Wildman–Crippen MR) is 64.1 cm³/mol. The first-order valence-electron chi connectivity index (χ1n) is 5.36. The van der Waals surface area contributed by atoms with Gasteiger partial charge in [-0.1, -0.05) is 17.8 Å². The van der Waals surface area contributed by atoms with Crippen molar-refractivity contribution >= 4 is 16.5 Å². The molecule has 0 bridgehead atoms. The average Bonchev–Trinajstić information content (AvgIpc) is 2.63. The summed E-state index contributed by atoms with van der Waals surface area (Å²) in [5, 5.41) is 0.582. The van der Waals surface area contributed by atoms with Gasteiger partial charge in [-0.2, -0.15) is 0 Å². The van der Waals surface area contributed by atoms with E-state index in [-0.39, 0.29) is 0 Å². The number of nitrogens with two attached hydrogens (primary N) is 1. The molecule has 0 spiro atoms. The van der Waals surface area contributed by atoms with Crippen LogP contribution < -0.4 is 5.73 Å². The fourth-order valence-electron chi connectivity index (χ4n) is 1.76. The quantitative estimate of drug-likeness (QED) is 0.863. The molecule has 3 rings (SSSR count). The van der Waals surface area contributed by atoms with Crippen LogP contribution in [0.4, 0.5) is 5.13 Å². The van der Waals surface area contributed by atoms with Crippen LogP contribution in [0.2, 0.25) is 0 Å². The van der Waals surface area contributed by atoms with E-state index in [0.29, 0.717) is 11.0 Å². The number of nitrogens with zero attached hydrogens (tertiary/aromatic N) is 3. The summed E-state index contributed by atoms with van der Waals surface area (Å²) in [5.41, 5.74) is 6.59. The van der Waals surface area contributed by atoms with Crippen molar-refractivity contribution in [2.24, 2.45) is 0 Å². The molecule has 0 saturated heterocycles. The molecule has 4 nitrogen and oxygen atoms in total. The van der Waals surface area contributed by atoms with Crippen LogP contribution >= 0.6 is 11.3 Å². The Hall–Kier alpha value is -1.49. The van der Waals surface area contributed by atoms with Crippen LogP contribution in [0.5, 0.6) is 0 Å². The van der Waals surface area contributed by atoms with Crippen LogP contribution in [-0.2, 0) is 0 Å². The summed E-state index contributed by atoms with van der Waals surface area (Å²) in [6.07, 6.45) is 9.27. The maximum atomic E-state index is 5.59. The van der Waals surface area contributed by atoms with Crippen molar-refractivity contribution in [3.8, 4) is 10.4 Å². The summed E-state index contributed by atoms with van der Waals surface area (Å²) >= 11 is 1.46. The van der Waals surface area contributed by atoms with Gasteiger partial charge in [0.25, 0.3) is 0 Å².